The van der Waals surface area contributed by atoms with Crippen LogP contribution in [0.1, 0.15) is 99.9 Å². The Morgan fingerprint density at radius 2 is 1.32 bits per heavy atom. The predicted octanol–water partition coefficient (Wildman–Crippen LogP) is 2.71. The molecule has 136 valence electrons. The molecule has 0 saturated carbocycles. The molecule has 1 rings (SSSR count). The zero-order chi connectivity index (χ0) is 17.6. The summed E-state index contributed by atoms with van der Waals surface area (Å²) in [6.07, 6.45) is 16.4. The molecule has 0 aromatic heterocycles. The number of hydrogen-bond donors (Lipinski definition) is 1. The van der Waals surface area contributed by atoms with E-state index < -0.39 is 5.97 Å². The second-order valence-electron chi connectivity index (χ2n) is 6.81. The fourth-order valence-corrected chi connectivity index (χ4v) is 3.10. The van der Waals surface area contributed by atoms with Gasteiger partial charge >= 0.3 is 57.4 Å². The Balaban J connectivity index is 0.00000576. The largest absolute Gasteiger partial charge is 1.00 e. The maximum atomic E-state index is 11.5. The smallest absolute Gasteiger partial charge is 0.872 e. The Morgan fingerprint density at radius 1 is 0.840 bits per heavy atom. The van der Waals surface area contributed by atoms with E-state index in [1.807, 2.05) is 0 Å². The summed E-state index contributed by atoms with van der Waals surface area (Å²) < 4.78 is 0. The number of rotatable bonds is 14. The molecular formula is C21H33KO3. The van der Waals surface area contributed by atoms with E-state index in [0.717, 1.165) is 24.8 Å². The second kappa shape index (κ2) is 16.3. The molecule has 0 heterocycles. The molecule has 0 unspecified atom stereocenters. The number of hydrogen-bond acceptors (Lipinski definition) is 2. The van der Waals surface area contributed by atoms with E-state index in [1.54, 1.807) is 12.1 Å². The number of benzene rings is 1. The van der Waals surface area contributed by atoms with E-state index in [-0.39, 0.29) is 62.7 Å². The van der Waals surface area contributed by atoms with Crippen LogP contribution in [0.4, 0.5) is 0 Å². The van der Waals surface area contributed by atoms with Gasteiger partial charge in [-0.05, 0) is 24.5 Å². The van der Waals surface area contributed by atoms with Crippen molar-refractivity contribution >= 4 is 5.97 Å². The topological polar surface area (TPSA) is 60.4 Å². The van der Waals surface area contributed by atoms with Crippen LogP contribution < -0.4 is 56.5 Å². The summed E-state index contributed by atoms with van der Waals surface area (Å²) in [6, 6.07) is 4.38. The second-order valence-corrected chi connectivity index (χ2v) is 6.81. The monoisotopic (exact) mass is 372 g/mol. The number of carboxylic acid groups (broad SMARTS) is 1. The van der Waals surface area contributed by atoms with Crippen molar-refractivity contribution in [3.63, 3.8) is 0 Å². The molecule has 0 saturated heterocycles. The number of carboxylic acids is 1. The molecule has 0 bridgehead atoms. The van der Waals surface area contributed by atoms with Crippen molar-refractivity contribution in [1.82, 2.24) is 0 Å². The Kier molecular flexibility index (Phi) is 16.4. The summed E-state index contributed by atoms with van der Waals surface area (Å²) in [5.41, 5.74) is 0.961. The molecule has 0 aliphatic rings. The number of aryl methyl sites for hydroxylation is 1. The molecule has 0 aliphatic heterocycles. The molecule has 0 fully saturated rings. The van der Waals surface area contributed by atoms with Crippen LogP contribution in [0.15, 0.2) is 18.2 Å². The maximum absolute atomic E-state index is 11.5. The van der Waals surface area contributed by atoms with E-state index in [2.05, 4.69) is 6.92 Å². The number of aromatic carboxylic acids is 1. The third-order valence-corrected chi connectivity index (χ3v) is 4.53. The van der Waals surface area contributed by atoms with E-state index >= 15 is 0 Å². The van der Waals surface area contributed by atoms with Gasteiger partial charge in [0.1, 0.15) is 0 Å². The summed E-state index contributed by atoms with van der Waals surface area (Å²) in [6.45, 7) is 2.25. The number of unbranched alkanes of at least 4 members (excludes halogenated alkanes) is 11. The zero-order valence-corrected chi connectivity index (χ0v) is 19.3. The molecule has 1 aromatic rings. The van der Waals surface area contributed by atoms with Gasteiger partial charge in [0.2, 0.25) is 0 Å². The molecule has 0 radical (unpaired) electrons. The molecule has 4 heteroatoms. The first kappa shape index (κ1) is 25.1. The average Bonchev–Trinajstić information content (AvgIpc) is 2.55. The fraction of sp³-hybridized carbons (Fsp3) is 0.667. The summed E-state index contributed by atoms with van der Waals surface area (Å²) in [4.78, 5) is 10.9. The predicted molar refractivity (Wildman–Crippen MR) is 97.6 cm³/mol. The van der Waals surface area contributed by atoms with Crippen LogP contribution in [0.3, 0.4) is 0 Å². The van der Waals surface area contributed by atoms with Crippen molar-refractivity contribution in [3.8, 4) is 5.75 Å². The van der Waals surface area contributed by atoms with Gasteiger partial charge in [-0.1, -0.05) is 89.7 Å². The van der Waals surface area contributed by atoms with Gasteiger partial charge in [-0.25, -0.2) is 4.79 Å². The zero-order valence-electron chi connectivity index (χ0n) is 16.2. The Labute approximate surface area is 196 Å². The minimum atomic E-state index is -1.02. The van der Waals surface area contributed by atoms with Crippen LogP contribution in [-0.2, 0) is 6.42 Å². The van der Waals surface area contributed by atoms with Crippen molar-refractivity contribution in [3.05, 3.63) is 29.3 Å². The van der Waals surface area contributed by atoms with Crippen LogP contribution in [0, 0.1) is 0 Å². The standard InChI is InChI=1S/C21H34O3.K/c1-2-3-4-5-6-7-8-9-10-11-12-13-14-18-15-19(21(23)24)17-20(22)16-18;/h15-17,22H,2-14H2,1H3,(H,23,24);/q;+1/p-1. The van der Waals surface area contributed by atoms with Gasteiger partial charge in [-0.3, -0.25) is 0 Å². The normalized spacial score (nSPS) is 10.4. The van der Waals surface area contributed by atoms with Crippen LogP contribution >= 0.6 is 0 Å². The van der Waals surface area contributed by atoms with Gasteiger partial charge in [0.15, 0.2) is 0 Å². The van der Waals surface area contributed by atoms with Crippen LogP contribution in [0.2, 0.25) is 0 Å². The molecule has 1 aromatic carbocycles. The Bertz CT molecular complexity index is 474. The van der Waals surface area contributed by atoms with Crippen LogP contribution in [0.5, 0.6) is 5.75 Å². The van der Waals surface area contributed by atoms with Gasteiger partial charge in [0.05, 0.1) is 5.56 Å². The molecule has 3 nitrogen and oxygen atoms in total. The summed E-state index contributed by atoms with van der Waals surface area (Å²) in [5, 5.41) is 20.4. The Hall–Kier alpha value is 0.126. The first-order valence-corrected chi connectivity index (χ1v) is 9.67. The van der Waals surface area contributed by atoms with Crippen molar-refractivity contribution in [2.24, 2.45) is 0 Å². The van der Waals surface area contributed by atoms with E-state index in [9.17, 15) is 9.90 Å². The first-order chi connectivity index (χ1) is 11.6. The fourth-order valence-electron chi connectivity index (χ4n) is 3.10. The van der Waals surface area contributed by atoms with Gasteiger partial charge in [0.25, 0.3) is 0 Å². The third-order valence-electron chi connectivity index (χ3n) is 4.53. The van der Waals surface area contributed by atoms with Crippen LogP contribution in [-0.4, -0.2) is 11.1 Å². The third kappa shape index (κ3) is 13.0. The Morgan fingerprint density at radius 3 is 1.80 bits per heavy atom. The quantitative estimate of drug-likeness (QED) is 0.403. The first-order valence-electron chi connectivity index (χ1n) is 9.67. The average molecular weight is 373 g/mol. The van der Waals surface area contributed by atoms with E-state index in [0.29, 0.717) is 0 Å². The molecule has 0 spiro atoms. The molecule has 1 N–H and O–H groups in total. The van der Waals surface area contributed by atoms with Gasteiger partial charge in [-0.2, -0.15) is 0 Å². The summed E-state index contributed by atoms with van der Waals surface area (Å²) in [7, 11) is 0. The van der Waals surface area contributed by atoms with Crippen molar-refractivity contribution in [2.45, 2.75) is 90.4 Å². The summed E-state index contributed by atoms with van der Waals surface area (Å²) in [5.74, 6) is -1.23. The van der Waals surface area contributed by atoms with Crippen molar-refractivity contribution in [2.75, 3.05) is 0 Å². The maximum Gasteiger partial charge on any atom is 1.00 e. The van der Waals surface area contributed by atoms with Gasteiger partial charge in [0, 0.05) is 0 Å². The minimum absolute atomic E-state index is 0. The van der Waals surface area contributed by atoms with Gasteiger partial charge < -0.3 is 10.2 Å². The van der Waals surface area contributed by atoms with Crippen molar-refractivity contribution in [1.29, 1.82) is 0 Å². The molecular weight excluding hydrogens is 339 g/mol. The SMILES string of the molecule is CCCCCCCCCCCCCCc1cc([O-])cc(C(=O)O)c1.[K+]. The van der Waals surface area contributed by atoms with E-state index in [4.69, 9.17) is 5.11 Å². The van der Waals surface area contributed by atoms with Crippen LogP contribution in [0.25, 0.3) is 0 Å². The van der Waals surface area contributed by atoms with Crippen molar-refractivity contribution < 1.29 is 66.4 Å². The summed E-state index contributed by atoms with van der Waals surface area (Å²) >= 11 is 0. The number of carbonyl (C=O) groups is 1. The molecule has 0 amide bonds. The molecule has 0 aliphatic carbocycles. The molecule has 25 heavy (non-hydrogen) atoms. The minimum Gasteiger partial charge on any atom is -0.872 e. The van der Waals surface area contributed by atoms with Gasteiger partial charge in [-0.15, -0.1) is 5.75 Å². The van der Waals surface area contributed by atoms with E-state index in [1.165, 1.54) is 70.3 Å². The molecule has 0 atom stereocenters.